The summed E-state index contributed by atoms with van der Waals surface area (Å²) in [5, 5.41) is 6.99. The van der Waals surface area contributed by atoms with E-state index in [-0.39, 0.29) is 11.6 Å². The van der Waals surface area contributed by atoms with Crippen LogP contribution in [-0.2, 0) is 13.2 Å². The zero-order chi connectivity index (χ0) is 23.0. The summed E-state index contributed by atoms with van der Waals surface area (Å²) in [5.74, 6) is 0.00250. The van der Waals surface area contributed by atoms with Crippen molar-refractivity contribution in [3.05, 3.63) is 66.0 Å². The van der Waals surface area contributed by atoms with Crippen LogP contribution in [0.4, 0.5) is 29.2 Å². The fraction of sp³-hybridized carbons (Fsp3) is 0.190. The molecule has 11 heteroatoms. The minimum atomic E-state index is -4.67. The Kier molecular flexibility index (Phi) is 5.33. The van der Waals surface area contributed by atoms with Crippen molar-refractivity contribution < 1.29 is 22.3 Å². The molecule has 0 aliphatic carbocycles. The number of hydrogen-bond acceptors (Lipinski definition) is 5. The number of nitrogens with zero attached hydrogens (tertiary/aromatic N) is 5. The Morgan fingerprint density at radius 3 is 2.53 bits per heavy atom. The molecular formula is C21H18F4N6O. The van der Waals surface area contributed by atoms with Gasteiger partial charge in [0.25, 0.3) is 0 Å². The summed E-state index contributed by atoms with van der Waals surface area (Å²) < 4.78 is 61.3. The molecule has 0 radical (unpaired) electrons. The van der Waals surface area contributed by atoms with Gasteiger partial charge in [-0.3, -0.25) is 0 Å². The van der Waals surface area contributed by atoms with Crippen LogP contribution in [0.3, 0.4) is 0 Å². The Morgan fingerprint density at radius 2 is 1.88 bits per heavy atom. The van der Waals surface area contributed by atoms with Gasteiger partial charge < -0.3 is 14.6 Å². The molecule has 2 heterocycles. The van der Waals surface area contributed by atoms with Crippen LogP contribution in [-0.4, -0.2) is 31.4 Å². The number of imidazole rings is 1. The fourth-order valence-corrected chi connectivity index (χ4v) is 3.15. The highest BCUT2D eigenvalue weighted by Gasteiger charge is 2.31. The molecule has 0 aliphatic heterocycles. The van der Waals surface area contributed by atoms with Crippen molar-refractivity contribution in [2.24, 2.45) is 7.05 Å². The van der Waals surface area contributed by atoms with E-state index in [0.29, 0.717) is 23.2 Å². The standard InChI is InChI=1S/C21H18F4N6O/c1-12-10-31(11-26-12)17-5-4-13(6-18(17)32-3)19-28-20(30(2)29-19)27-16-8-14(21(23,24)25)7-15(22)9-16/h4-11H,1-3H3,(H,27,28,29). The zero-order valence-electron chi connectivity index (χ0n) is 17.3. The molecule has 7 nitrogen and oxygen atoms in total. The average Bonchev–Trinajstić information content (AvgIpc) is 3.32. The zero-order valence-corrected chi connectivity index (χ0v) is 17.3. The van der Waals surface area contributed by atoms with Crippen molar-refractivity contribution in [1.82, 2.24) is 24.3 Å². The molecule has 0 spiro atoms. The first kappa shape index (κ1) is 21.3. The number of halogens is 4. The molecule has 2 aromatic carbocycles. The molecule has 2 aromatic heterocycles. The van der Waals surface area contributed by atoms with Crippen LogP contribution < -0.4 is 10.1 Å². The molecule has 0 amide bonds. The lowest BCUT2D eigenvalue weighted by Crippen LogP contribution is -2.07. The summed E-state index contributed by atoms with van der Waals surface area (Å²) in [6.07, 6.45) is -1.15. The third kappa shape index (κ3) is 4.27. The molecule has 4 aromatic rings. The highest BCUT2D eigenvalue weighted by molar-refractivity contribution is 5.65. The van der Waals surface area contributed by atoms with Gasteiger partial charge in [-0.25, -0.2) is 14.1 Å². The summed E-state index contributed by atoms with van der Waals surface area (Å²) in [5.41, 5.74) is 1.05. The van der Waals surface area contributed by atoms with Crippen LogP contribution in [0.25, 0.3) is 17.1 Å². The van der Waals surface area contributed by atoms with Crippen LogP contribution in [0.2, 0.25) is 0 Å². The van der Waals surface area contributed by atoms with E-state index in [1.54, 1.807) is 25.5 Å². The maximum absolute atomic E-state index is 13.7. The smallest absolute Gasteiger partial charge is 0.416 e. The highest BCUT2D eigenvalue weighted by Crippen LogP contribution is 2.33. The number of hydrogen-bond donors (Lipinski definition) is 1. The number of alkyl halides is 3. The lowest BCUT2D eigenvalue weighted by atomic mass is 10.1. The summed E-state index contributed by atoms with van der Waals surface area (Å²) in [7, 11) is 3.11. The minimum Gasteiger partial charge on any atom is -0.495 e. The number of nitrogens with one attached hydrogen (secondary N) is 1. The Balaban J connectivity index is 1.65. The first-order valence-corrected chi connectivity index (χ1v) is 9.39. The number of ether oxygens (including phenoxy) is 1. The first-order chi connectivity index (χ1) is 15.1. The predicted octanol–water partition coefficient (Wildman–Crippen LogP) is 4.89. The Labute approximate surface area is 180 Å². The summed E-state index contributed by atoms with van der Waals surface area (Å²) in [4.78, 5) is 8.55. The molecule has 0 saturated carbocycles. The van der Waals surface area contributed by atoms with E-state index in [0.717, 1.165) is 23.5 Å². The molecule has 0 unspecified atom stereocenters. The quantitative estimate of drug-likeness (QED) is 0.442. The molecule has 0 atom stereocenters. The van der Waals surface area contributed by atoms with E-state index in [4.69, 9.17) is 4.74 Å². The lowest BCUT2D eigenvalue weighted by molar-refractivity contribution is -0.137. The Bertz CT molecular complexity index is 1280. The fourth-order valence-electron chi connectivity index (χ4n) is 3.15. The van der Waals surface area contributed by atoms with Crippen LogP contribution in [0.1, 0.15) is 11.3 Å². The van der Waals surface area contributed by atoms with E-state index < -0.39 is 17.6 Å². The SMILES string of the molecule is COc1cc(-c2nc(Nc3cc(F)cc(C(F)(F)F)c3)n(C)n2)ccc1-n1cnc(C)c1. The van der Waals surface area contributed by atoms with Gasteiger partial charge in [-0.15, -0.1) is 5.10 Å². The number of aromatic nitrogens is 5. The minimum absolute atomic E-state index is 0.0946. The molecule has 0 bridgehead atoms. The topological polar surface area (TPSA) is 69.8 Å². The van der Waals surface area contributed by atoms with Crippen LogP contribution in [0.15, 0.2) is 48.9 Å². The lowest BCUT2D eigenvalue weighted by Gasteiger charge is -2.10. The van der Waals surface area contributed by atoms with Gasteiger partial charge in [0.1, 0.15) is 11.6 Å². The number of benzene rings is 2. The molecule has 32 heavy (non-hydrogen) atoms. The molecule has 4 rings (SSSR count). The van der Waals surface area contributed by atoms with Gasteiger partial charge >= 0.3 is 6.18 Å². The predicted molar refractivity (Wildman–Crippen MR) is 110 cm³/mol. The Hall–Kier alpha value is -3.89. The summed E-state index contributed by atoms with van der Waals surface area (Å²) in [6, 6.07) is 7.55. The van der Waals surface area contributed by atoms with Crippen LogP contribution in [0, 0.1) is 12.7 Å². The second-order valence-electron chi connectivity index (χ2n) is 7.04. The van der Waals surface area contributed by atoms with Gasteiger partial charge in [0.2, 0.25) is 5.95 Å². The number of aryl methyl sites for hydroxylation is 2. The number of rotatable bonds is 5. The largest absolute Gasteiger partial charge is 0.495 e. The molecule has 1 N–H and O–H groups in total. The van der Waals surface area contributed by atoms with Gasteiger partial charge in [0.15, 0.2) is 5.82 Å². The average molecular weight is 446 g/mol. The van der Waals surface area contributed by atoms with Gasteiger partial charge in [-0.1, -0.05) is 0 Å². The molecule has 166 valence electrons. The molecule has 0 fully saturated rings. The van der Waals surface area contributed by atoms with E-state index in [1.165, 1.54) is 11.8 Å². The third-order valence-electron chi connectivity index (χ3n) is 4.67. The van der Waals surface area contributed by atoms with E-state index in [2.05, 4.69) is 20.4 Å². The maximum atomic E-state index is 13.7. The van der Waals surface area contributed by atoms with E-state index in [9.17, 15) is 17.6 Å². The molecule has 0 aliphatic rings. The van der Waals surface area contributed by atoms with E-state index in [1.807, 2.05) is 23.8 Å². The van der Waals surface area contributed by atoms with Gasteiger partial charge in [-0.05, 0) is 43.3 Å². The van der Waals surface area contributed by atoms with Crippen molar-refractivity contribution in [2.45, 2.75) is 13.1 Å². The molecular weight excluding hydrogens is 428 g/mol. The van der Waals surface area contributed by atoms with Crippen LogP contribution in [0.5, 0.6) is 5.75 Å². The summed E-state index contributed by atoms with van der Waals surface area (Å²) >= 11 is 0. The number of methoxy groups -OCH3 is 1. The van der Waals surface area contributed by atoms with Crippen molar-refractivity contribution in [1.29, 1.82) is 0 Å². The van der Waals surface area contributed by atoms with Crippen molar-refractivity contribution in [3.8, 4) is 22.8 Å². The summed E-state index contributed by atoms with van der Waals surface area (Å²) in [6.45, 7) is 1.87. The van der Waals surface area contributed by atoms with Crippen LogP contribution >= 0.6 is 0 Å². The maximum Gasteiger partial charge on any atom is 0.416 e. The molecule has 0 saturated heterocycles. The third-order valence-corrected chi connectivity index (χ3v) is 4.67. The second-order valence-corrected chi connectivity index (χ2v) is 7.04. The van der Waals surface area contributed by atoms with Crippen molar-refractivity contribution >= 4 is 11.6 Å². The normalized spacial score (nSPS) is 11.6. The van der Waals surface area contributed by atoms with Gasteiger partial charge in [-0.2, -0.15) is 18.2 Å². The highest BCUT2D eigenvalue weighted by atomic mass is 19.4. The van der Waals surface area contributed by atoms with Crippen molar-refractivity contribution in [3.63, 3.8) is 0 Å². The first-order valence-electron chi connectivity index (χ1n) is 9.39. The Morgan fingerprint density at radius 1 is 1.09 bits per heavy atom. The van der Waals surface area contributed by atoms with Gasteiger partial charge in [0, 0.05) is 24.5 Å². The van der Waals surface area contributed by atoms with E-state index >= 15 is 0 Å². The van der Waals surface area contributed by atoms with Gasteiger partial charge in [0.05, 0.1) is 30.4 Å². The second kappa shape index (κ2) is 7.98. The van der Waals surface area contributed by atoms with Crippen molar-refractivity contribution in [2.75, 3.05) is 12.4 Å². The number of anilines is 2. The monoisotopic (exact) mass is 446 g/mol.